The highest BCUT2D eigenvalue weighted by molar-refractivity contribution is 6.09. The zero-order chi connectivity index (χ0) is 22.6. The van der Waals surface area contributed by atoms with E-state index in [0.717, 1.165) is 5.56 Å². The number of ether oxygens (including phenoxy) is 1. The van der Waals surface area contributed by atoms with E-state index in [1.807, 2.05) is 24.0 Å². The van der Waals surface area contributed by atoms with E-state index in [-0.39, 0.29) is 23.5 Å². The molecule has 0 spiro atoms. The lowest BCUT2D eigenvalue weighted by Crippen LogP contribution is -2.37. The van der Waals surface area contributed by atoms with E-state index < -0.39 is 16.4 Å². The summed E-state index contributed by atoms with van der Waals surface area (Å²) in [6.45, 7) is 7.42. The third kappa shape index (κ3) is 5.93. The lowest BCUT2D eigenvalue weighted by molar-refractivity contribution is -0.384. The highest BCUT2D eigenvalue weighted by atomic mass is 16.6. The van der Waals surface area contributed by atoms with E-state index in [4.69, 9.17) is 4.74 Å². The van der Waals surface area contributed by atoms with E-state index in [0.29, 0.717) is 37.7 Å². The fourth-order valence-corrected chi connectivity index (χ4v) is 3.26. The van der Waals surface area contributed by atoms with Crippen LogP contribution in [0.15, 0.2) is 36.4 Å². The molecule has 1 fully saturated rings. The Morgan fingerprint density at radius 1 is 1.23 bits per heavy atom. The number of hydrogen-bond acceptors (Lipinski definition) is 7. The second-order valence-corrected chi connectivity index (χ2v) is 8.23. The van der Waals surface area contributed by atoms with Gasteiger partial charge in [0.15, 0.2) is 0 Å². The van der Waals surface area contributed by atoms with Crippen LogP contribution in [0.5, 0.6) is 0 Å². The lowest BCUT2D eigenvalue weighted by Gasteiger charge is -2.31. The van der Waals surface area contributed by atoms with Crippen molar-refractivity contribution in [2.45, 2.75) is 26.4 Å². The maximum Gasteiger partial charge on any atom is 0.293 e. The first kappa shape index (κ1) is 22.5. The summed E-state index contributed by atoms with van der Waals surface area (Å²) in [5.41, 5.74) is 1.42. The van der Waals surface area contributed by atoms with Crippen LogP contribution in [0.1, 0.15) is 29.8 Å². The summed E-state index contributed by atoms with van der Waals surface area (Å²) in [5, 5.41) is 27.6. The Balaban J connectivity index is 2.01. The fraction of sp³-hybridized carbons (Fsp3) is 0.409. The molecular weight excluding hydrogens is 400 g/mol. The molecule has 0 atom stereocenters. The Morgan fingerprint density at radius 3 is 2.45 bits per heavy atom. The SMILES string of the molecule is Cc1ccc(NC(=O)c2cc([N+](=O)[O-])c(NCC(C)(C)O)cc2N2CCOCC2)cc1. The number of aliphatic hydroxyl groups is 1. The number of anilines is 3. The molecular formula is C22H28N4O5. The summed E-state index contributed by atoms with van der Waals surface area (Å²) in [4.78, 5) is 26.3. The highest BCUT2D eigenvalue weighted by Gasteiger charge is 2.26. The molecule has 0 aromatic heterocycles. The number of nitro groups is 1. The van der Waals surface area contributed by atoms with E-state index in [9.17, 15) is 20.0 Å². The summed E-state index contributed by atoms with van der Waals surface area (Å²) in [7, 11) is 0. The van der Waals surface area contributed by atoms with Gasteiger partial charge in [0.1, 0.15) is 5.69 Å². The van der Waals surface area contributed by atoms with Gasteiger partial charge < -0.3 is 25.4 Å². The molecule has 1 saturated heterocycles. The van der Waals surface area contributed by atoms with Crippen LogP contribution in [0.2, 0.25) is 0 Å². The molecule has 1 aliphatic rings. The smallest absolute Gasteiger partial charge is 0.293 e. The molecule has 0 saturated carbocycles. The number of benzene rings is 2. The first-order valence-corrected chi connectivity index (χ1v) is 10.1. The molecule has 2 aromatic carbocycles. The maximum atomic E-state index is 13.1. The number of aryl methyl sites for hydroxylation is 1. The quantitative estimate of drug-likeness (QED) is 0.458. The molecule has 1 amide bonds. The van der Waals surface area contributed by atoms with Crippen LogP contribution in [0.25, 0.3) is 0 Å². The van der Waals surface area contributed by atoms with Gasteiger partial charge in [-0.2, -0.15) is 0 Å². The van der Waals surface area contributed by atoms with E-state index in [2.05, 4.69) is 10.6 Å². The first-order valence-electron chi connectivity index (χ1n) is 10.1. The van der Waals surface area contributed by atoms with Gasteiger partial charge in [-0.3, -0.25) is 14.9 Å². The number of carbonyl (C=O) groups is 1. The molecule has 31 heavy (non-hydrogen) atoms. The van der Waals surface area contributed by atoms with Crippen molar-refractivity contribution in [3.63, 3.8) is 0 Å². The zero-order valence-electron chi connectivity index (χ0n) is 18.0. The largest absolute Gasteiger partial charge is 0.389 e. The van der Waals surface area contributed by atoms with Crippen molar-refractivity contribution in [2.24, 2.45) is 0 Å². The minimum atomic E-state index is -1.06. The van der Waals surface area contributed by atoms with Crippen molar-refractivity contribution in [3.05, 3.63) is 57.6 Å². The number of amides is 1. The third-order valence-electron chi connectivity index (χ3n) is 4.93. The van der Waals surface area contributed by atoms with Gasteiger partial charge >= 0.3 is 0 Å². The average Bonchev–Trinajstić information content (AvgIpc) is 2.73. The van der Waals surface area contributed by atoms with Crippen LogP contribution in [-0.4, -0.2) is 54.4 Å². The van der Waals surface area contributed by atoms with Gasteiger partial charge in [0.05, 0.1) is 35.0 Å². The van der Waals surface area contributed by atoms with Crippen molar-refractivity contribution in [2.75, 3.05) is 48.4 Å². The molecule has 0 unspecified atom stereocenters. The number of nitro benzene ring substituents is 1. The van der Waals surface area contributed by atoms with Crippen molar-refractivity contribution < 1.29 is 19.6 Å². The number of rotatable bonds is 7. The number of hydrogen-bond donors (Lipinski definition) is 3. The predicted octanol–water partition coefficient (Wildman–Crippen LogP) is 3.17. The fourth-order valence-electron chi connectivity index (χ4n) is 3.26. The van der Waals surface area contributed by atoms with Crippen molar-refractivity contribution in [1.29, 1.82) is 0 Å². The van der Waals surface area contributed by atoms with Gasteiger partial charge in [0, 0.05) is 31.4 Å². The van der Waals surface area contributed by atoms with Crippen LogP contribution in [-0.2, 0) is 4.74 Å². The molecule has 1 heterocycles. The van der Waals surface area contributed by atoms with Gasteiger partial charge in [-0.25, -0.2) is 0 Å². The summed E-state index contributed by atoms with van der Waals surface area (Å²) >= 11 is 0. The molecule has 2 aromatic rings. The highest BCUT2D eigenvalue weighted by Crippen LogP contribution is 2.35. The Bertz CT molecular complexity index is 948. The van der Waals surface area contributed by atoms with Crippen molar-refractivity contribution in [1.82, 2.24) is 0 Å². The second kappa shape index (κ2) is 9.32. The average molecular weight is 428 g/mol. The monoisotopic (exact) mass is 428 g/mol. The van der Waals surface area contributed by atoms with Crippen LogP contribution >= 0.6 is 0 Å². The topological polar surface area (TPSA) is 117 Å². The van der Waals surface area contributed by atoms with Gasteiger partial charge in [-0.15, -0.1) is 0 Å². The molecule has 0 bridgehead atoms. The van der Waals surface area contributed by atoms with Crippen LogP contribution in [0, 0.1) is 17.0 Å². The van der Waals surface area contributed by atoms with E-state index in [1.165, 1.54) is 6.07 Å². The van der Waals surface area contributed by atoms with Crippen LogP contribution in [0.3, 0.4) is 0 Å². The van der Waals surface area contributed by atoms with Gasteiger partial charge in [-0.05, 0) is 39.0 Å². The lowest BCUT2D eigenvalue weighted by atomic mass is 10.1. The van der Waals surface area contributed by atoms with E-state index >= 15 is 0 Å². The Morgan fingerprint density at radius 2 is 1.87 bits per heavy atom. The minimum Gasteiger partial charge on any atom is -0.389 e. The summed E-state index contributed by atoms with van der Waals surface area (Å²) in [5.74, 6) is -0.428. The Labute approximate surface area is 181 Å². The number of nitrogens with zero attached hydrogens (tertiary/aromatic N) is 2. The number of carbonyl (C=O) groups excluding carboxylic acids is 1. The Hall–Kier alpha value is -3.17. The van der Waals surface area contributed by atoms with Gasteiger partial charge in [0.2, 0.25) is 0 Å². The van der Waals surface area contributed by atoms with E-state index in [1.54, 1.807) is 32.0 Å². The zero-order valence-corrected chi connectivity index (χ0v) is 18.0. The summed E-state index contributed by atoms with van der Waals surface area (Å²) in [6, 6.07) is 10.2. The number of morpholine rings is 1. The summed E-state index contributed by atoms with van der Waals surface area (Å²) < 4.78 is 5.41. The third-order valence-corrected chi connectivity index (χ3v) is 4.93. The molecule has 9 nitrogen and oxygen atoms in total. The van der Waals surface area contributed by atoms with Gasteiger partial charge in [-0.1, -0.05) is 17.7 Å². The number of nitrogens with one attached hydrogen (secondary N) is 2. The molecule has 1 aliphatic heterocycles. The normalized spacial score (nSPS) is 14.3. The molecule has 3 rings (SSSR count). The van der Waals surface area contributed by atoms with Crippen LogP contribution in [0.4, 0.5) is 22.7 Å². The molecule has 9 heteroatoms. The Kier molecular flexibility index (Phi) is 6.77. The predicted molar refractivity (Wildman–Crippen MR) is 120 cm³/mol. The molecule has 0 radical (unpaired) electrons. The minimum absolute atomic E-state index is 0.116. The van der Waals surface area contributed by atoms with Crippen molar-refractivity contribution in [3.8, 4) is 0 Å². The molecule has 3 N–H and O–H groups in total. The summed E-state index contributed by atoms with van der Waals surface area (Å²) in [6.07, 6.45) is 0. The van der Waals surface area contributed by atoms with Gasteiger partial charge in [0.25, 0.3) is 11.6 Å². The second-order valence-electron chi connectivity index (χ2n) is 8.23. The standard InChI is InChI=1S/C22H28N4O5/c1-15-4-6-16(7-5-15)24-21(27)17-12-20(26(29)30)18(23-14-22(2,3)28)13-19(17)25-8-10-31-11-9-25/h4-7,12-13,23,28H,8-11,14H2,1-3H3,(H,24,27). The van der Waals surface area contributed by atoms with Crippen molar-refractivity contribution >= 4 is 28.7 Å². The molecule has 0 aliphatic carbocycles. The first-order chi connectivity index (χ1) is 14.6. The van der Waals surface area contributed by atoms with Crippen LogP contribution < -0.4 is 15.5 Å². The maximum absolute atomic E-state index is 13.1. The molecule has 166 valence electrons.